The standard InChI is InChI=1S/C17H29N3O3/c1-11(2)9-14(17(23)19-10-15(18)21)20-16(22)13-8-6-4-5-7-12(13)3/h11,13-14H,3-10H2,1-2H3,(H2,18,21)(H,19,23)(H,20,22). The van der Waals surface area contributed by atoms with E-state index < -0.39 is 11.9 Å². The number of carbonyl (C=O) groups excluding carboxylic acids is 3. The number of rotatable bonds is 7. The first-order chi connectivity index (χ1) is 10.8. The summed E-state index contributed by atoms with van der Waals surface area (Å²) in [6, 6.07) is -0.655. The molecule has 1 rings (SSSR count). The van der Waals surface area contributed by atoms with Gasteiger partial charge in [-0.2, -0.15) is 0 Å². The van der Waals surface area contributed by atoms with Crippen LogP contribution in [0, 0.1) is 11.8 Å². The highest BCUT2D eigenvalue weighted by atomic mass is 16.2. The van der Waals surface area contributed by atoms with E-state index in [0.717, 1.165) is 37.7 Å². The number of hydrogen-bond acceptors (Lipinski definition) is 3. The highest BCUT2D eigenvalue weighted by Gasteiger charge is 2.28. The molecular weight excluding hydrogens is 294 g/mol. The van der Waals surface area contributed by atoms with Gasteiger partial charge in [-0.05, 0) is 31.6 Å². The van der Waals surface area contributed by atoms with Gasteiger partial charge in [-0.1, -0.05) is 38.8 Å². The van der Waals surface area contributed by atoms with Crippen LogP contribution in [-0.2, 0) is 14.4 Å². The van der Waals surface area contributed by atoms with Gasteiger partial charge in [0.15, 0.2) is 0 Å². The molecule has 1 aliphatic carbocycles. The summed E-state index contributed by atoms with van der Waals surface area (Å²) in [5.41, 5.74) is 5.99. The van der Waals surface area contributed by atoms with E-state index in [4.69, 9.17) is 5.73 Å². The zero-order chi connectivity index (χ0) is 17.4. The molecule has 3 amide bonds. The minimum absolute atomic E-state index is 0.142. The Morgan fingerprint density at radius 1 is 1.26 bits per heavy atom. The van der Waals surface area contributed by atoms with Crippen LogP contribution in [0.1, 0.15) is 52.4 Å². The van der Waals surface area contributed by atoms with E-state index in [1.165, 1.54) is 0 Å². The van der Waals surface area contributed by atoms with Crippen LogP contribution in [0.15, 0.2) is 12.2 Å². The van der Waals surface area contributed by atoms with Crippen molar-refractivity contribution in [1.82, 2.24) is 10.6 Å². The monoisotopic (exact) mass is 323 g/mol. The summed E-state index contributed by atoms with van der Waals surface area (Å²) >= 11 is 0. The van der Waals surface area contributed by atoms with Crippen molar-refractivity contribution in [1.29, 1.82) is 0 Å². The summed E-state index contributed by atoms with van der Waals surface area (Å²) in [6.07, 6.45) is 5.33. The lowest BCUT2D eigenvalue weighted by Crippen LogP contribution is -2.50. The van der Waals surface area contributed by atoms with Crippen molar-refractivity contribution in [3.05, 3.63) is 12.2 Å². The SMILES string of the molecule is C=C1CCCCCC1C(=O)NC(CC(C)C)C(=O)NCC(N)=O. The van der Waals surface area contributed by atoms with Gasteiger partial charge in [0.05, 0.1) is 12.5 Å². The summed E-state index contributed by atoms with van der Waals surface area (Å²) in [6.45, 7) is 7.76. The van der Waals surface area contributed by atoms with Crippen LogP contribution in [0.4, 0.5) is 0 Å². The predicted octanol–water partition coefficient (Wildman–Crippen LogP) is 1.26. The summed E-state index contributed by atoms with van der Waals surface area (Å²) in [5.74, 6) is -1.11. The van der Waals surface area contributed by atoms with Gasteiger partial charge in [0.2, 0.25) is 17.7 Å². The smallest absolute Gasteiger partial charge is 0.243 e. The van der Waals surface area contributed by atoms with Gasteiger partial charge in [-0.25, -0.2) is 0 Å². The fraction of sp³-hybridized carbons (Fsp3) is 0.706. The molecule has 1 fully saturated rings. The maximum absolute atomic E-state index is 12.6. The number of hydrogen-bond donors (Lipinski definition) is 3. The lowest BCUT2D eigenvalue weighted by molar-refractivity contribution is -0.131. The van der Waals surface area contributed by atoms with Gasteiger partial charge >= 0.3 is 0 Å². The molecule has 0 aromatic heterocycles. The largest absolute Gasteiger partial charge is 0.368 e. The summed E-state index contributed by atoms with van der Waals surface area (Å²) in [7, 11) is 0. The zero-order valence-electron chi connectivity index (χ0n) is 14.2. The van der Waals surface area contributed by atoms with Crippen molar-refractivity contribution in [2.75, 3.05) is 6.54 Å². The highest BCUT2D eigenvalue weighted by Crippen LogP contribution is 2.27. The minimum atomic E-state index is -0.655. The van der Waals surface area contributed by atoms with Crippen molar-refractivity contribution < 1.29 is 14.4 Å². The van der Waals surface area contributed by atoms with Crippen LogP contribution >= 0.6 is 0 Å². The highest BCUT2D eigenvalue weighted by molar-refractivity contribution is 5.91. The molecule has 130 valence electrons. The van der Waals surface area contributed by atoms with Crippen LogP contribution in [0.5, 0.6) is 0 Å². The number of carbonyl (C=O) groups is 3. The Hall–Kier alpha value is -1.85. The van der Waals surface area contributed by atoms with Gasteiger partial charge in [-0.3, -0.25) is 14.4 Å². The second-order valence-electron chi connectivity index (χ2n) is 6.69. The second kappa shape index (κ2) is 9.33. The van der Waals surface area contributed by atoms with Crippen molar-refractivity contribution in [2.24, 2.45) is 17.6 Å². The third-order valence-electron chi connectivity index (χ3n) is 4.08. The Kier molecular flexibility index (Phi) is 7.78. The third kappa shape index (κ3) is 6.84. The molecular formula is C17H29N3O3. The average Bonchev–Trinajstić information content (AvgIpc) is 2.68. The fourth-order valence-electron chi connectivity index (χ4n) is 2.84. The second-order valence-corrected chi connectivity index (χ2v) is 6.69. The molecule has 2 atom stereocenters. The first-order valence-corrected chi connectivity index (χ1v) is 8.35. The van der Waals surface area contributed by atoms with E-state index in [-0.39, 0.29) is 30.2 Å². The van der Waals surface area contributed by atoms with E-state index >= 15 is 0 Å². The van der Waals surface area contributed by atoms with Gasteiger partial charge in [-0.15, -0.1) is 0 Å². The zero-order valence-corrected chi connectivity index (χ0v) is 14.2. The lowest BCUT2D eigenvalue weighted by atomic mass is 9.93. The third-order valence-corrected chi connectivity index (χ3v) is 4.08. The van der Waals surface area contributed by atoms with Gasteiger partial charge in [0.1, 0.15) is 6.04 Å². The van der Waals surface area contributed by atoms with E-state index in [9.17, 15) is 14.4 Å². The first kappa shape index (κ1) is 19.2. The molecule has 6 nitrogen and oxygen atoms in total. The van der Waals surface area contributed by atoms with Crippen molar-refractivity contribution in [3.63, 3.8) is 0 Å². The maximum atomic E-state index is 12.6. The van der Waals surface area contributed by atoms with Crippen molar-refractivity contribution in [2.45, 2.75) is 58.4 Å². The molecule has 23 heavy (non-hydrogen) atoms. The molecule has 0 aromatic rings. The molecule has 0 spiro atoms. The summed E-state index contributed by atoms with van der Waals surface area (Å²) in [5, 5.41) is 5.30. The molecule has 4 N–H and O–H groups in total. The Morgan fingerprint density at radius 3 is 2.57 bits per heavy atom. The minimum Gasteiger partial charge on any atom is -0.368 e. The molecule has 2 unspecified atom stereocenters. The molecule has 0 heterocycles. The van der Waals surface area contributed by atoms with E-state index in [2.05, 4.69) is 17.2 Å². The fourth-order valence-corrected chi connectivity index (χ4v) is 2.84. The van der Waals surface area contributed by atoms with Crippen LogP contribution in [0.25, 0.3) is 0 Å². The Morgan fingerprint density at radius 2 is 1.96 bits per heavy atom. The Bertz CT molecular complexity index is 460. The number of nitrogens with one attached hydrogen (secondary N) is 2. The molecule has 0 radical (unpaired) electrons. The predicted molar refractivity (Wildman–Crippen MR) is 89.3 cm³/mol. The topological polar surface area (TPSA) is 101 Å². The molecule has 1 saturated carbocycles. The quantitative estimate of drug-likeness (QED) is 0.485. The Labute approximate surface area is 138 Å². The van der Waals surface area contributed by atoms with E-state index in [1.807, 2.05) is 13.8 Å². The number of amides is 3. The van der Waals surface area contributed by atoms with Gasteiger partial charge < -0.3 is 16.4 Å². The summed E-state index contributed by atoms with van der Waals surface area (Å²) in [4.78, 5) is 35.6. The average molecular weight is 323 g/mol. The molecule has 6 heteroatoms. The van der Waals surface area contributed by atoms with Crippen LogP contribution in [0.2, 0.25) is 0 Å². The maximum Gasteiger partial charge on any atom is 0.243 e. The molecule has 1 aliphatic rings. The van der Waals surface area contributed by atoms with Crippen LogP contribution in [0.3, 0.4) is 0 Å². The number of primary amides is 1. The normalized spacial score (nSPS) is 19.8. The molecule has 0 saturated heterocycles. The van der Waals surface area contributed by atoms with Crippen molar-refractivity contribution in [3.8, 4) is 0 Å². The van der Waals surface area contributed by atoms with E-state index in [0.29, 0.717) is 6.42 Å². The van der Waals surface area contributed by atoms with Crippen LogP contribution < -0.4 is 16.4 Å². The number of nitrogens with two attached hydrogens (primary N) is 1. The lowest BCUT2D eigenvalue weighted by Gasteiger charge is -2.23. The van der Waals surface area contributed by atoms with Crippen molar-refractivity contribution >= 4 is 17.7 Å². The molecule has 0 bridgehead atoms. The van der Waals surface area contributed by atoms with Gasteiger partial charge in [0.25, 0.3) is 0 Å². The van der Waals surface area contributed by atoms with E-state index in [1.54, 1.807) is 0 Å². The Balaban J connectivity index is 2.70. The van der Waals surface area contributed by atoms with Gasteiger partial charge in [0, 0.05) is 0 Å². The summed E-state index contributed by atoms with van der Waals surface area (Å²) < 4.78 is 0. The molecule has 0 aromatic carbocycles. The molecule has 0 aliphatic heterocycles. The first-order valence-electron chi connectivity index (χ1n) is 8.35. The van der Waals surface area contributed by atoms with Crippen LogP contribution in [-0.4, -0.2) is 30.3 Å².